The highest BCUT2D eigenvalue weighted by molar-refractivity contribution is 7.71. The zero-order chi connectivity index (χ0) is 15.7. The van der Waals surface area contributed by atoms with Gasteiger partial charge in [-0.15, -0.1) is 0 Å². The lowest BCUT2D eigenvalue weighted by Gasteiger charge is -2.26. The highest BCUT2D eigenvalue weighted by Crippen LogP contribution is 2.29. The number of carboxylic acids is 1. The summed E-state index contributed by atoms with van der Waals surface area (Å²) in [6, 6.07) is 7.34. The van der Waals surface area contributed by atoms with E-state index in [1.165, 1.54) is 0 Å². The van der Waals surface area contributed by atoms with Gasteiger partial charge in [0.15, 0.2) is 4.77 Å². The number of nitrogens with one attached hydrogen (secondary N) is 1. The summed E-state index contributed by atoms with van der Waals surface area (Å²) in [4.78, 5) is 26.7. The molecule has 22 heavy (non-hydrogen) atoms. The monoisotopic (exact) mass is 318 g/mol. The van der Waals surface area contributed by atoms with E-state index in [4.69, 9.17) is 17.3 Å². The largest absolute Gasteiger partial charge is 0.481 e. The van der Waals surface area contributed by atoms with E-state index in [-0.39, 0.29) is 11.5 Å². The summed E-state index contributed by atoms with van der Waals surface area (Å²) >= 11 is 5.31. The standard InChI is InChI=1S/C16H18N2O3S/c19-14-12-3-1-2-4-13(12)17-16(22)18(14)9-10-5-7-11(8-6-10)15(20)21/h1-4,10-11H,5-9H2,(H,17,22)(H,20,21). The Bertz CT molecular complexity index is 816. The van der Waals surface area contributed by atoms with Gasteiger partial charge in [0.25, 0.3) is 5.56 Å². The molecule has 2 aromatic rings. The van der Waals surface area contributed by atoms with Crippen LogP contribution in [0.15, 0.2) is 29.1 Å². The van der Waals surface area contributed by atoms with Crippen molar-refractivity contribution >= 4 is 29.1 Å². The molecular formula is C16H18N2O3S. The number of H-pyrrole nitrogens is 1. The quantitative estimate of drug-likeness (QED) is 0.853. The number of carboxylic acid groups (broad SMARTS) is 1. The molecule has 0 spiro atoms. The van der Waals surface area contributed by atoms with Crippen LogP contribution in [0.4, 0.5) is 0 Å². The molecule has 3 rings (SSSR count). The molecule has 2 N–H and O–H groups in total. The molecule has 0 atom stereocenters. The minimum Gasteiger partial charge on any atom is -0.481 e. The average molecular weight is 318 g/mol. The molecule has 0 bridgehead atoms. The predicted octanol–water partition coefficient (Wildman–Crippen LogP) is 2.95. The first-order valence-electron chi connectivity index (χ1n) is 7.51. The maximum atomic E-state index is 12.6. The van der Waals surface area contributed by atoms with Gasteiger partial charge in [-0.05, 0) is 56.0 Å². The van der Waals surface area contributed by atoms with Crippen LogP contribution in [0.25, 0.3) is 10.9 Å². The fraction of sp³-hybridized carbons (Fsp3) is 0.438. The molecule has 1 aromatic carbocycles. The molecule has 0 radical (unpaired) electrons. The van der Waals surface area contributed by atoms with E-state index in [1.54, 1.807) is 10.6 Å². The van der Waals surface area contributed by atoms with E-state index in [0.29, 0.717) is 35.5 Å². The van der Waals surface area contributed by atoms with Crippen molar-refractivity contribution in [2.24, 2.45) is 11.8 Å². The number of hydrogen-bond acceptors (Lipinski definition) is 3. The number of hydrogen-bond donors (Lipinski definition) is 2. The number of fused-ring (bicyclic) bond motifs is 1. The van der Waals surface area contributed by atoms with Gasteiger partial charge in [-0.1, -0.05) is 12.1 Å². The molecule has 0 aliphatic heterocycles. The molecule has 1 heterocycles. The number of aromatic amines is 1. The van der Waals surface area contributed by atoms with E-state index in [2.05, 4.69) is 4.98 Å². The van der Waals surface area contributed by atoms with E-state index in [0.717, 1.165) is 18.4 Å². The average Bonchev–Trinajstić information content (AvgIpc) is 2.52. The molecule has 0 saturated heterocycles. The Morgan fingerprint density at radius 2 is 1.95 bits per heavy atom. The van der Waals surface area contributed by atoms with E-state index < -0.39 is 5.97 Å². The normalized spacial score (nSPS) is 21.8. The van der Waals surface area contributed by atoms with Crippen LogP contribution in [-0.2, 0) is 11.3 Å². The second-order valence-corrected chi connectivity index (χ2v) is 6.33. The molecule has 5 nitrogen and oxygen atoms in total. The van der Waals surface area contributed by atoms with Crippen molar-refractivity contribution < 1.29 is 9.90 Å². The van der Waals surface area contributed by atoms with Crippen molar-refractivity contribution in [3.63, 3.8) is 0 Å². The number of para-hydroxylation sites is 1. The van der Waals surface area contributed by atoms with Crippen LogP contribution in [0, 0.1) is 16.6 Å². The zero-order valence-corrected chi connectivity index (χ0v) is 12.9. The van der Waals surface area contributed by atoms with Gasteiger partial charge in [0.2, 0.25) is 0 Å². The summed E-state index contributed by atoms with van der Waals surface area (Å²) in [6.45, 7) is 0.561. The third kappa shape index (κ3) is 2.83. The summed E-state index contributed by atoms with van der Waals surface area (Å²) in [6.07, 6.45) is 3.01. The molecule has 6 heteroatoms. The molecule has 1 saturated carbocycles. The first-order chi connectivity index (χ1) is 10.6. The number of aromatic nitrogens is 2. The molecule has 1 aromatic heterocycles. The number of carbonyl (C=O) groups is 1. The highest BCUT2D eigenvalue weighted by Gasteiger charge is 2.26. The van der Waals surface area contributed by atoms with Gasteiger partial charge in [0.1, 0.15) is 0 Å². The van der Waals surface area contributed by atoms with Crippen molar-refractivity contribution in [2.45, 2.75) is 32.2 Å². The maximum absolute atomic E-state index is 12.6. The lowest BCUT2D eigenvalue weighted by Crippen LogP contribution is -2.29. The van der Waals surface area contributed by atoms with Crippen LogP contribution >= 0.6 is 12.2 Å². The fourth-order valence-corrected chi connectivity index (χ4v) is 3.48. The second-order valence-electron chi connectivity index (χ2n) is 5.95. The van der Waals surface area contributed by atoms with Crippen LogP contribution in [0.5, 0.6) is 0 Å². The fourth-order valence-electron chi connectivity index (χ4n) is 3.21. The summed E-state index contributed by atoms with van der Waals surface area (Å²) in [5, 5.41) is 9.68. The van der Waals surface area contributed by atoms with Gasteiger partial charge in [-0.2, -0.15) is 0 Å². The lowest BCUT2D eigenvalue weighted by molar-refractivity contribution is -0.143. The van der Waals surface area contributed by atoms with Gasteiger partial charge in [0.05, 0.1) is 16.8 Å². The number of rotatable bonds is 3. The first-order valence-corrected chi connectivity index (χ1v) is 7.91. The van der Waals surface area contributed by atoms with Crippen LogP contribution in [0.3, 0.4) is 0 Å². The molecule has 1 fully saturated rings. The molecule has 0 unspecified atom stereocenters. The van der Waals surface area contributed by atoms with Crippen molar-refractivity contribution in [1.29, 1.82) is 0 Å². The predicted molar refractivity (Wildman–Crippen MR) is 86.5 cm³/mol. The molecule has 0 amide bonds. The van der Waals surface area contributed by atoms with Crippen molar-refractivity contribution in [2.75, 3.05) is 0 Å². The number of aliphatic carboxylic acids is 1. The Morgan fingerprint density at radius 1 is 1.27 bits per heavy atom. The van der Waals surface area contributed by atoms with Gasteiger partial charge in [-0.3, -0.25) is 14.2 Å². The number of benzene rings is 1. The lowest BCUT2D eigenvalue weighted by atomic mass is 9.82. The molecular weight excluding hydrogens is 300 g/mol. The van der Waals surface area contributed by atoms with Gasteiger partial charge >= 0.3 is 5.97 Å². The first kappa shape index (κ1) is 15.0. The third-order valence-corrected chi connectivity index (χ3v) is 4.85. The van der Waals surface area contributed by atoms with E-state index in [1.807, 2.05) is 18.2 Å². The number of nitrogens with zero attached hydrogens (tertiary/aromatic N) is 1. The summed E-state index contributed by atoms with van der Waals surface area (Å²) in [5.41, 5.74) is 0.683. The Balaban J connectivity index is 1.85. The molecule has 116 valence electrons. The summed E-state index contributed by atoms with van der Waals surface area (Å²) in [7, 11) is 0. The highest BCUT2D eigenvalue weighted by atomic mass is 32.1. The van der Waals surface area contributed by atoms with Crippen molar-refractivity contribution in [3.05, 3.63) is 39.4 Å². The Kier molecular flexibility index (Phi) is 4.11. The summed E-state index contributed by atoms with van der Waals surface area (Å²) < 4.78 is 2.05. The van der Waals surface area contributed by atoms with Crippen molar-refractivity contribution in [1.82, 2.24) is 9.55 Å². The summed E-state index contributed by atoms with van der Waals surface area (Å²) in [5.74, 6) is -0.637. The van der Waals surface area contributed by atoms with Gasteiger partial charge < -0.3 is 10.1 Å². The van der Waals surface area contributed by atoms with Crippen LogP contribution < -0.4 is 5.56 Å². The smallest absolute Gasteiger partial charge is 0.306 e. The minimum absolute atomic E-state index is 0.0697. The maximum Gasteiger partial charge on any atom is 0.306 e. The third-order valence-electron chi connectivity index (χ3n) is 4.53. The SMILES string of the molecule is O=C(O)C1CCC(Cn2c(=S)[nH]c3ccccc3c2=O)CC1. The minimum atomic E-state index is -0.710. The van der Waals surface area contributed by atoms with Gasteiger partial charge in [0, 0.05) is 6.54 Å². The van der Waals surface area contributed by atoms with Crippen LogP contribution in [0.2, 0.25) is 0 Å². The molecule has 1 aliphatic rings. The Morgan fingerprint density at radius 3 is 2.64 bits per heavy atom. The Hall–Kier alpha value is -1.95. The van der Waals surface area contributed by atoms with Crippen LogP contribution in [-0.4, -0.2) is 20.6 Å². The second kappa shape index (κ2) is 6.04. The van der Waals surface area contributed by atoms with Crippen LogP contribution in [0.1, 0.15) is 25.7 Å². The van der Waals surface area contributed by atoms with E-state index in [9.17, 15) is 9.59 Å². The topological polar surface area (TPSA) is 75.1 Å². The Labute approximate surface area is 132 Å². The molecule has 1 aliphatic carbocycles. The van der Waals surface area contributed by atoms with Crippen molar-refractivity contribution in [3.8, 4) is 0 Å². The van der Waals surface area contributed by atoms with E-state index >= 15 is 0 Å². The zero-order valence-electron chi connectivity index (χ0n) is 12.1. The van der Waals surface area contributed by atoms with Gasteiger partial charge in [-0.25, -0.2) is 0 Å².